The summed E-state index contributed by atoms with van der Waals surface area (Å²) in [6.07, 6.45) is 0. The number of benzene rings is 1. The molecule has 0 aliphatic rings. The minimum atomic E-state index is 0.498. The molecule has 3 aromatic rings. The summed E-state index contributed by atoms with van der Waals surface area (Å²) < 4.78 is 0. The third-order valence-corrected chi connectivity index (χ3v) is 4.12. The standard InChI is InChI=1S/C13H10ClN3S/c1-7-3-2-4-9-10(7)12(15)17-13(16-9)11-8(14)5-6-18-11/h2-6H,1H3,(H2,15,16,17). The first-order chi connectivity index (χ1) is 8.66. The zero-order valence-electron chi connectivity index (χ0n) is 9.64. The number of nitrogen functional groups attached to an aromatic ring is 1. The van der Waals surface area contributed by atoms with Crippen molar-refractivity contribution in [1.29, 1.82) is 0 Å². The van der Waals surface area contributed by atoms with E-state index in [-0.39, 0.29) is 0 Å². The van der Waals surface area contributed by atoms with Crippen molar-refractivity contribution in [3.8, 4) is 10.7 Å². The molecule has 2 N–H and O–H groups in total. The molecule has 2 aromatic heterocycles. The molecule has 18 heavy (non-hydrogen) atoms. The second-order valence-corrected chi connectivity index (χ2v) is 5.32. The van der Waals surface area contributed by atoms with Crippen LogP contribution >= 0.6 is 22.9 Å². The van der Waals surface area contributed by atoms with Crippen molar-refractivity contribution in [2.75, 3.05) is 5.73 Å². The molecule has 0 unspecified atom stereocenters. The fraction of sp³-hybridized carbons (Fsp3) is 0.0769. The van der Waals surface area contributed by atoms with Gasteiger partial charge in [-0.15, -0.1) is 11.3 Å². The highest BCUT2D eigenvalue weighted by Gasteiger charge is 2.12. The average Bonchev–Trinajstić information content (AvgIpc) is 2.75. The Hall–Kier alpha value is -1.65. The maximum Gasteiger partial charge on any atom is 0.173 e. The van der Waals surface area contributed by atoms with Gasteiger partial charge in [-0.1, -0.05) is 23.7 Å². The number of aryl methyl sites for hydroxylation is 1. The summed E-state index contributed by atoms with van der Waals surface area (Å²) >= 11 is 7.61. The number of anilines is 1. The molecule has 2 heterocycles. The van der Waals surface area contributed by atoms with Gasteiger partial charge >= 0.3 is 0 Å². The van der Waals surface area contributed by atoms with Crippen molar-refractivity contribution in [3.63, 3.8) is 0 Å². The molecule has 0 spiro atoms. The lowest BCUT2D eigenvalue weighted by Crippen LogP contribution is -1.98. The van der Waals surface area contributed by atoms with Crippen LogP contribution in [0.4, 0.5) is 5.82 Å². The van der Waals surface area contributed by atoms with E-state index in [1.54, 1.807) is 0 Å². The van der Waals surface area contributed by atoms with Crippen molar-refractivity contribution >= 4 is 39.7 Å². The molecule has 0 fully saturated rings. The lowest BCUT2D eigenvalue weighted by Gasteiger charge is -2.06. The third kappa shape index (κ3) is 1.74. The summed E-state index contributed by atoms with van der Waals surface area (Å²) in [5.74, 6) is 1.09. The van der Waals surface area contributed by atoms with Gasteiger partial charge in [0.05, 0.1) is 15.4 Å². The summed E-state index contributed by atoms with van der Waals surface area (Å²) in [6, 6.07) is 7.73. The Morgan fingerprint density at radius 1 is 1.22 bits per heavy atom. The molecular weight excluding hydrogens is 266 g/mol. The molecule has 1 aromatic carbocycles. The van der Waals surface area contributed by atoms with Gasteiger partial charge in [0.1, 0.15) is 5.82 Å². The largest absolute Gasteiger partial charge is 0.383 e. The van der Waals surface area contributed by atoms with Gasteiger partial charge in [-0.2, -0.15) is 0 Å². The van der Waals surface area contributed by atoms with Crippen LogP contribution in [-0.4, -0.2) is 9.97 Å². The molecule has 0 amide bonds. The Morgan fingerprint density at radius 3 is 2.78 bits per heavy atom. The molecule has 0 aliphatic carbocycles. The van der Waals surface area contributed by atoms with E-state index >= 15 is 0 Å². The smallest absolute Gasteiger partial charge is 0.173 e. The molecule has 0 bridgehead atoms. The number of fused-ring (bicyclic) bond motifs is 1. The predicted octanol–water partition coefficient (Wildman–Crippen LogP) is 3.90. The third-order valence-electron chi connectivity index (χ3n) is 2.78. The number of rotatable bonds is 1. The van der Waals surface area contributed by atoms with Gasteiger partial charge < -0.3 is 5.73 Å². The van der Waals surface area contributed by atoms with E-state index in [1.165, 1.54) is 11.3 Å². The lowest BCUT2D eigenvalue weighted by atomic mass is 10.1. The Bertz CT molecular complexity index is 736. The first-order valence-electron chi connectivity index (χ1n) is 5.43. The van der Waals surface area contributed by atoms with E-state index in [1.807, 2.05) is 36.6 Å². The van der Waals surface area contributed by atoms with Crippen molar-refractivity contribution in [1.82, 2.24) is 9.97 Å². The molecule has 5 heteroatoms. The minimum absolute atomic E-state index is 0.498. The highest BCUT2D eigenvalue weighted by molar-refractivity contribution is 7.14. The van der Waals surface area contributed by atoms with Crippen LogP contribution in [0.2, 0.25) is 5.02 Å². The van der Waals surface area contributed by atoms with Gasteiger partial charge in [0.15, 0.2) is 5.82 Å². The van der Waals surface area contributed by atoms with Gasteiger partial charge in [0, 0.05) is 5.39 Å². The van der Waals surface area contributed by atoms with Crippen molar-refractivity contribution < 1.29 is 0 Å². The van der Waals surface area contributed by atoms with Crippen molar-refractivity contribution in [2.45, 2.75) is 6.92 Å². The van der Waals surface area contributed by atoms with Crippen molar-refractivity contribution in [3.05, 3.63) is 40.2 Å². The van der Waals surface area contributed by atoms with Crippen LogP contribution in [0.15, 0.2) is 29.6 Å². The van der Waals surface area contributed by atoms with Crippen LogP contribution in [0.25, 0.3) is 21.6 Å². The molecular formula is C13H10ClN3S. The topological polar surface area (TPSA) is 51.8 Å². The fourth-order valence-corrected chi connectivity index (χ4v) is 3.02. The normalized spacial score (nSPS) is 11.0. The first kappa shape index (κ1) is 11.4. The van der Waals surface area contributed by atoms with Gasteiger partial charge in [-0.25, -0.2) is 9.97 Å². The molecule has 0 atom stereocenters. The van der Waals surface area contributed by atoms with Gasteiger partial charge in [0.2, 0.25) is 0 Å². The quantitative estimate of drug-likeness (QED) is 0.733. The molecule has 0 radical (unpaired) electrons. The Labute approximate surface area is 113 Å². The number of thiophene rings is 1. The maximum absolute atomic E-state index is 6.10. The van der Waals surface area contributed by atoms with Crippen molar-refractivity contribution in [2.24, 2.45) is 0 Å². The van der Waals surface area contributed by atoms with Crippen LogP contribution < -0.4 is 5.73 Å². The van der Waals surface area contributed by atoms with E-state index in [0.717, 1.165) is 21.3 Å². The molecule has 90 valence electrons. The van der Waals surface area contributed by atoms with Gasteiger partial charge in [-0.05, 0) is 30.0 Å². The molecule has 0 aliphatic heterocycles. The SMILES string of the molecule is Cc1cccc2nc(-c3sccc3Cl)nc(N)c12. The average molecular weight is 276 g/mol. The van der Waals surface area contributed by atoms with Crippen LogP contribution in [0, 0.1) is 6.92 Å². The molecule has 3 rings (SSSR count). The molecule has 3 nitrogen and oxygen atoms in total. The predicted molar refractivity (Wildman–Crippen MR) is 77.0 cm³/mol. The highest BCUT2D eigenvalue weighted by atomic mass is 35.5. The number of aromatic nitrogens is 2. The summed E-state index contributed by atoms with van der Waals surface area (Å²) in [7, 11) is 0. The number of hydrogen-bond acceptors (Lipinski definition) is 4. The second kappa shape index (κ2) is 4.23. The Morgan fingerprint density at radius 2 is 2.06 bits per heavy atom. The van der Waals surface area contributed by atoms with Crippen LogP contribution in [-0.2, 0) is 0 Å². The second-order valence-electron chi connectivity index (χ2n) is 4.00. The van der Waals surface area contributed by atoms with E-state index in [9.17, 15) is 0 Å². The Kier molecular flexibility index (Phi) is 2.69. The number of nitrogens with two attached hydrogens (primary N) is 1. The van der Waals surface area contributed by atoms with Crippen LogP contribution in [0.5, 0.6) is 0 Å². The first-order valence-corrected chi connectivity index (χ1v) is 6.69. The summed E-state index contributed by atoms with van der Waals surface area (Å²) in [6.45, 7) is 2.00. The minimum Gasteiger partial charge on any atom is -0.383 e. The van der Waals surface area contributed by atoms with E-state index < -0.39 is 0 Å². The monoisotopic (exact) mass is 275 g/mol. The fourth-order valence-electron chi connectivity index (χ4n) is 1.94. The summed E-state index contributed by atoms with van der Waals surface area (Å²) in [5, 5.41) is 3.48. The summed E-state index contributed by atoms with van der Waals surface area (Å²) in [4.78, 5) is 9.75. The zero-order valence-corrected chi connectivity index (χ0v) is 11.2. The number of nitrogens with zero attached hydrogens (tertiary/aromatic N) is 2. The van der Waals surface area contributed by atoms with E-state index in [4.69, 9.17) is 17.3 Å². The van der Waals surface area contributed by atoms with E-state index in [0.29, 0.717) is 16.7 Å². The zero-order chi connectivity index (χ0) is 12.7. The van der Waals surface area contributed by atoms with Crippen LogP contribution in [0.1, 0.15) is 5.56 Å². The van der Waals surface area contributed by atoms with E-state index in [2.05, 4.69) is 9.97 Å². The molecule has 0 saturated carbocycles. The highest BCUT2D eigenvalue weighted by Crippen LogP contribution is 2.33. The lowest BCUT2D eigenvalue weighted by molar-refractivity contribution is 1.24. The Balaban J connectivity index is 2.32. The van der Waals surface area contributed by atoms with Gasteiger partial charge in [-0.3, -0.25) is 0 Å². The van der Waals surface area contributed by atoms with Gasteiger partial charge in [0.25, 0.3) is 0 Å². The summed E-state index contributed by atoms with van der Waals surface area (Å²) in [5.41, 5.74) is 7.95. The maximum atomic E-state index is 6.10. The number of hydrogen-bond donors (Lipinski definition) is 1. The van der Waals surface area contributed by atoms with Crippen LogP contribution in [0.3, 0.4) is 0 Å². The molecule has 0 saturated heterocycles. The number of halogens is 1.